The molecule has 4 heteroatoms. The Labute approximate surface area is 131 Å². The summed E-state index contributed by atoms with van der Waals surface area (Å²) in [4.78, 5) is 9.38. The Bertz CT molecular complexity index is 582. The van der Waals surface area contributed by atoms with Crippen molar-refractivity contribution in [3.63, 3.8) is 0 Å². The highest BCUT2D eigenvalue weighted by molar-refractivity contribution is 7.98. The molecular formula is C17H23N3S. The molecule has 1 N–H and O–H groups in total. The monoisotopic (exact) mass is 301 g/mol. The van der Waals surface area contributed by atoms with E-state index < -0.39 is 0 Å². The second kappa shape index (κ2) is 7.46. The predicted octanol–water partition coefficient (Wildman–Crippen LogP) is 4.63. The van der Waals surface area contributed by atoms with Gasteiger partial charge in [-0.3, -0.25) is 0 Å². The van der Waals surface area contributed by atoms with Gasteiger partial charge < -0.3 is 5.32 Å². The third-order valence-electron chi connectivity index (χ3n) is 3.20. The molecule has 0 radical (unpaired) electrons. The molecular weight excluding hydrogens is 278 g/mol. The SMILES string of the molecule is CCNc1nc(C(C)C)nc(SCc2ccccc2)c1C. The van der Waals surface area contributed by atoms with Crippen LogP contribution in [0.4, 0.5) is 5.82 Å². The normalized spacial score (nSPS) is 10.9. The minimum absolute atomic E-state index is 0.332. The Kier molecular flexibility index (Phi) is 5.62. The number of rotatable bonds is 6. The van der Waals surface area contributed by atoms with Gasteiger partial charge in [0.25, 0.3) is 0 Å². The molecule has 0 bridgehead atoms. The van der Waals surface area contributed by atoms with Crippen LogP contribution in [0.25, 0.3) is 0 Å². The molecule has 1 aromatic heterocycles. The molecule has 3 nitrogen and oxygen atoms in total. The second-order valence-corrected chi connectivity index (χ2v) is 6.28. The highest BCUT2D eigenvalue weighted by atomic mass is 32.2. The van der Waals surface area contributed by atoms with E-state index in [0.717, 1.165) is 34.5 Å². The molecule has 0 spiro atoms. The van der Waals surface area contributed by atoms with Gasteiger partial charge in [0.15, 0.2) is 0 Å². The van der Waals surface area contributed by atoms with Gasteiger partial charge in [-0.1, -0.05) is 44.2 Å². The molecule has 21 heavy (non-hydrogen) atoms. The zero-order valence-corrected chi connectivity index (χ0v) is 14.0. The summed E-state index contributed by atoms with van der Waals surface area (Å²) in [7, 11) is 0. The van der Waals surface area contributed by atoms with Gasteiger partial charge in [-0.25, -0.2) is 9.97 Å². The topological polar surface area (TPSA) is 37.8 Å². The van der Waals surface area contributed by atoms with Gasteiger partial charge in [0.2, 0.25) is 0 Å². The molecule has 1 aromatic carbocycles. The Morgan fingerprint density at radius 1 is 1.14 bits per heavy atom. The number of thioether (sulfide) groups is 1. The second-order valence-electron chi connectivity index (χ2n) is 5.32. The molecule has 0 unspecified atom stereocenters. The molecule has 0 fully saturated rings. The minimum Gasteiger partial charge on any atom is -0.370 e. The number of hydrogen-bond acceptors (Lipinski definition) is 4. The third-order valence-corrected chi connectivity index (χ3v) is 4.35. The molecule has 0 aliphatic heterocycles. The van der Waals surface area contributed by atoms with Crippen molar-refractivity contribution in [3.8, 4) is 0 Å². The predicted molar refractivity (Wildman–Crippen MR) is 91.0 cm³/mol. The largest absolute Gasteiger partial charge is 0.370 e. The van der Waals surface area contributed by atoms with Crippen molar-refractivity contribution in [1.82, 2.24) is 9.97 Å². The van der Waals surface area contributed by atoms with Gasteiger partial charge >= 0.3 is 0 Å². The Morgan fingerprint density at radius 3 is 2.48 bits per heavy atom. The standard InChI is InChI=1S/C17H23N3S/c1-5-18-16-13(4)17(20-15(19-16)12(2)3)21-11-14-9-7-6-8-10-14/h6-10,12H,5,11H2,1-4H3,(H,18,19,20). The maximum Gasteiger partial charge on any atom is 0.134 e. The molecule has 0 amide bonds. The number of hydrogen-bond donors (Lipinski definition) is 1. The molecule has 2 aromatic rings. The zero-order valence-electron chi connectivity index (χ0n) is 13.2. The van der Waals surface area contributed by atoms with E-state index >= 15 is 0 Å². The first-order valence-electron chi connectivity index (χ1n) is 7.41. The molecule has 0 aliphatic rings. The van der Waals surface area contributed by atoms with Crippen molar-refractivity contribution in [2.75, 3.05) is 11.9 Å². The van der Waals surface area contributed by atoms with E-state index in [0.29, 0.717) is 5.92 Å². The smallest absolute Gasteiger partial charge is 0.134 e. The molecule has 0 saturated heterocycles. The van der Waals surface area contributed by atoms with Gasteiger partial charge in [-0.2, -0.15) is 0 Å². The van der Waals surface area contributed by atoms with Crippen LogP contribution < -0.4 is 5.32 Å². The van der Waals surface area contributed by atoms with E-state index in [1.807, 2.05) is 6.07 Å². The van der Waals surface area contributed by atoms with Crippen molar-refractivity contribution in [1.29, 1.82) is 0 Å². The Hall–Kier alpha value is -1.55. The van der Waals surface area contributed by atoms with E-state index in [-0.39, 0.29) is 0 Å². The first-order chi connectivity index (χ1) is 10.1. The van der Waals surface area contributed by atoms with Crippen molar-refractivity contribution < 1.29 is 0 Å². The van der Waals surface area contributed by atoms with Gasteiger partial charge in [0.1, 0.15) is 16.7 Å². The summed E-state index contributed by atoms with van der Waals surface area (Å²) in [6.45, 7) is 9.32. The summed E-state index contributed by atoms with van der Waals surface area (Å²) in [6, 6.07) is 10.5. The molecule has 0 atom stereocenters. The Balaban J connectivity index is 2.24. The lowest BCUT2D eigenvalue weighted by Gasteiger charge is -2.14. The lowest BCUT2D eigenvalue weighted by Crippen LogP contribution is -2.08. The van der Waals surface area contributed by atoms with Crippen LogP contribution in [0.5, 0.6) is 0 Å². The van der Waals surface area contributed by atoms with E-state index in [2.05, 4.69) is 62.3 Å². The fourth-order valence-electron chi connectivity index (χ4n) is 1.98. The van der Waals surface area contributed by atoms with Crippen molar-refractivity contribution in [2.24, 2.45) is 0 Å². The van der Waals surface area contributed by atoms with Crippen LogP contribution in [0.3, 0.4) is 0 Å². The third kappa shape index (κ3) is 4.21. The van der Waals surface area contributed by atoms with E-state index in [1.165, 1.54) is 5.56 Å². The van der Waals surface area contributed by atoms with Crippen LogP contribution >= 0.6 is 11.8 Å². The molecule has 0 aliphatic carbocycles. The summed E-state index contributed by atoms with van der Waals surface area (Å²) < 4.78 is 0. The van der Waals surface area contributed by atoms with Crippen LogP contribution in [-0.4, -0.2) is 16.5 Å². The van der Waals surface area contributed by atoms with Gasteiger partial charge in [0, 0.05) is 23.8 Å². The van der Waals surface area contributed by atoms with Crippen molar-refractivity contribution in [3.05, 3.63) is 47.3 Å². The van der Waals surface area contributed by atoms with E-state index in [4.69, 9.17) is 4.98 Å². The van der Waals surface area contributed by atoms with Crippen LogP contribution in [0.1, 0.15) is 43.6 Å². The van der Waals surface area contributed by atoms with Crippen LogP contribution in [-0.2, 0) is 5.75 Å². The zero-order chi connectivity index (χ0) is 15.2. The number of anilines is 1. The van der Waals surface area contributed by atoms with Crippen LogP contribution in [0.2, 0.25) is 0 Å². The van der Waals surface area contributed by atoms with E-state index in [1.54, 1.807) is 11.8 Å². The summed E-state index contributed by atoms with van der Waals surface area (Å²) in [5.74, 6) is 3.14. The van der Waals surface area contributed by atoms with Crippen LogP contribution in [0, 0.1) is 6.92 Å². The summed E-state index contributed by atoms with van der Waals surface area (Å²) >= 11 is 1.78. The summed E-state index contributed by atoms with van der Waals surface area (Å²) in [5.41, 5.74) is 2.46. The molecule has 0 saturated carbocycles. The highest BCUT2D eigenvalue weighted by Gasteiger charge is 2.13. The van der Waals surface area contributed by atoms with Crippen LogP contribution in [0.15, 0.2) is 35.4 Å². The number of nitrogens with zero attached hydrogens (tertiary/aromatic N) is 2. The highest BCUT2D eigenvalue weighted by Crippen LogP contribution is 2.29. The summed E-state index contributed by atoms with van der Waals surface area (Å²) in [5, 5.41) is 4.42. The first-order valence-corrected chi connectivity index (χ1v) is 8.39. The average molecular weight is 301 g/mol. The minimum atomic E-state index is 0.332. The first kappa shape index (κ1) is 15.8. The number of nitrogens with one attached hydrogen (secondary N) is 1. The molecule has 112 valence electrons. The number of aromatic nitrogens is 2. The van der Waals surface area contributed by atoms with Gasteiger partial charge in [-0.15, -0.1) is 11.8 Å². The fourth-order valence-corrected chi connectivity index (χ4v) is 2.94. The lowest BCUT2D eigenvalue weighted by atomic mass is 10.2. The molecule has 2 rings (SSSR count). The molecule has 1 heterocycles. The Morgan fingerprint density at radius 2 is 1.86 bits per heavy atom. The number of benzene rings is 1. The van der Waals surface area contributed by atoms with Gasteiger partial charge in [-0.05, 0) is 19.4 Å². The fraction of sp³-hybridized carbons (Fsp3) is 0.412. The average Bonchev–Trinajstić information content (AvgIpc) is 2.49. The van der Waals surface area contributed by atoms with E-state index in [9.17, 15) is 0 Å². The maximum absolute atomic E-state index is 4.74. The van der Waals surface area contributed by atoms with Crippen molar-refractivity contribution >= 4 is 17.6 Å². The van der Waals surface area contributed by atoms with Gasteiger partial charge in [0.05, 0.1) is 0 Å². The quantitative estimate of drug-likeness (QED) is 0.623. The lowest BCUT2D eigenvalue weighted by molar-refractivity contribution is 0.748. The summed E-state index contributed by atoms with van der Waals surface area (Å²) in [6.07, 6.45) is 0. The maximum atomic E-state index is 4.74. The van der Waals surface area contributed by atoms with Crippen molar-refractivity contribution in [2.45, 2.75) is 44.4 Å².